The zero-order valence-electron chi connectivity index (χ0n) is 12.1. The molecule has 0 unspecified atom stereocenters. The molecule has 0 amide bonds. The molecule has 0 bridgehead atoms. The van der Waals surface area contributed by atoms with Crippen LogP contribution in [0.3, 0.4) is 0 Å². The van der Waals surface area contributed by atoms with Crippen LogP contribution < -0.4 is 0 Å². The van der Waals surface area contributed by atoms with Gasteiger partial charge in [-0.1, -0.05) is 0 Å². The Kier molecular flexibility index (Phi) is 6.57. The first-order valence-electron chi connectivity index (χ1n) is 7.98. The molecule has 4 nitrogen and oxygen atoms in total. The lowest BCUT2D eigenvalue weighted by Gasteiger charge is -2.34. The van der Waals surface area contributed by atoms with Gasteiger partial charge in [0, 0.05) is 26.3 Å². The van der Waals surface area contributed by atoms with Gasteiger partial charge >= 0.3 is 0 Å². The summed E-state index contributed by atoms with van der Waals surface area (Å²) in [5, 5.41) is 18.5. The number of hydrogen-bond acceptors (Lipinski definition) is 4. The fourth-order valence-electron chi connectivity index (χ4n) is 3.52. The molecule has 0 saturated carbocycles. The minimum absolute atomic E-state index is 0.348. The highest BCUT2D eigenvalue weighted by atomic mass is 16.3. The van der Waals surface area contributed by atoms with Crippen molar-refractivity contribution in [3.05, 3.63) is 0 Å². The summed E-state index contributed by atoms with van der Waals surface area (Å²) in [6.07, 6.45) is 6.08. The normalized spacial score (nSPS) is 30.6. The van der Waals surface area contributed by atoms with Crippen molar-refractivity contribution in [3.8, 4) is 0 Å². The van der Waals surface area contributed by atoms with Gasteiger partial charge in [0.05, 0.1) is 0 Å². The molecule has 2 fully saturated rings. The number of aliphatic hydroxyl groups excluding tert-OH is 2. The Morgan fingerprint density at radius 2 is 1.26 bits per heavy atom. The van der Waals surface area contributed by atoms with Gasteiger partial charge in [0.25, 0.3) is 0 Å². The van der Waals surface area contributed by atoms with E-state index in [0.717, 1.165) is 26.2 Å². The van der Waals surface area contributed by atoms with E-state index in [1.165, 1.54) is 45.2 Å². The molecule has 0 aliphatic carbocycles. The van der Waals surface area contributed by atoms with Gasteiger partial charge in [-0.15, -0.1) is 0 Å². The number of likely N-dealkylation sites (tertiary alicyclic amines) is 2. The summed E-state index contributed by atoms with van der Waals surface area (Å²) < 4.78 is 0. The molecule has 4 heteroatoms. The van der Waals surface area contributed by atoms with Crippen LogP contribution in [0.5, 0.6) is 0 Å². The maximum absolute atomic E-state index is 9.24. The molecule has 2 heterocycles. The molecule has 2 N–H and O–H groups in total. The molecule has 2 saturated heterocycles. The van der Waals surface area contributed by atoms with Crippen LogP contribution >= 0.6 is 0 Å². The molecular weight excluding hydrogens is 240 g/mol. The summed E-state index contributed by atoms with van der Waals surface area (Å²) in [7, 11) is 0. The fraction of sp³-hybridized carbons (Fsp3) is 1.00. The van der Waals surface area contributed by atoms with E-state index in [4.69, 9.17) is 0 Å². The summed E-state index contributed by atoms with van der Waals surface area (Å²) in [5.74, 6) is 1.00. The van der Waals surface area contributed by atoms with E-state index in [-0.39, 0.29) is 0 Å². The molecule has 2 rings (SSSR count). The predicted molar refractivity (Wildman–Crippen MR) is 77.1 cm³/mol. The summed E-state index contributed by atoms with van der Waals surface area (Å²) in [6, 6.07) is 0. The van der Waals surface area contributed by atoms with E-state index < -0.39 is 0 Å². The van der Waals surface area contributed by atoms with E-state index in [2.05, 4.69) is 9.80 Å². The average molecular weight is 270 g/mol. The van der Waals surface area contributed by atoms with Crippen molar-refractivity contribution in [1.82, 2.24) is 9.80 Å². The quantitative estimate of drug-likeness (QED) is 0.749. The Labute approximate surface area is 117 Å². The molecule has 2 atom stereocenters. The summed E-state index contributed by atoms with van der Waals surface area (Å²) >= 11 is 0. The molecule has 2 aliphatic heterocycles. The number of aliphatic hydroxyl groups is 2. The van der Waals surface area contributed by atoms with E-state index >= 15 is 0 Å². The second-order valence-electron chi connectivity index (χ2n) is 6.34. The summed E-state index contributed by atoms with van der Waals surface area (Å²) in [5.41, 5.74) is 0. The van der Waals surface area contributed by atoms with Crippen molar-refractivity contribution < 1.29 is 10.2 Å². The van der Waals surface area contributed by atoms with Crippen LogP contribution in [0, 0.1) is 11.8 Å². The Morgan fingerprint density at radius 3 is 1.68 bits per heavy atom. The first-order valence-corrected chi connectivity index (χ1v) is 7.98. The van der Waals surface area contributed by atoms with Crippen molar-refractivity contribution in [2.24, 2.45) is 11.8 Å². The van der Waals surface area contributed by atoms with E-state index in [0.29, 0.717) is 25.0 Å². The largest absolute Gasteiger partial charge is 0.396 e. The van der Waals surface area contributed by atoms with E-state index in [9.17, 15) is 10.2 Å². The van der Waals surface area contributed by atoms with Gasteiger partial charge in [-0.05, 0) is 70.1 Å². The Bertz CT molecular complexity index is 226. The van der Waals surface area contributed by atoms with Crippen LogP contribution in [-0.4, -0.2) is 72.5 Å². The lowest BCUT2D eigenvalue weighted by atomic mass is 9.98. The third-order valence-electron chi connectivity index (χ3n) is 4.67. The van der Waals surface area contributed by atoms with Gasteiger partial charge in [0.15, 0.2) is 0 Å². The zero-order chi connectivity index (χ0) is 13.5. The molecule has 112 valence electrons. The maximum atomic E-state index is 9.24. The second kappa shape index (κ2) is 8.20. The minimum Gasteiger partial charge on any atom is -0.396 e. The van der Waals surface area contributed by atoms with Crippen molar-refractivity contribution >= 4 is 0 Å². The predicted octanol–water partition coefficient (Wildman–Crippen LogP) is 0.785. The van der Waals surface area contributed by atoms with Crippen molar-refractivity contribution in [2.75, 3.05) is 52.5 Å². The smallest absolute Gasteiger partial charge is 0.0471 e. The number of hydrogen-bond donors (Lipinski definition) is 2. The zero-order valence-corrected chi connectivity index (χ0v) is 12.1. The number of nitrogens with zero attached hydrogens (tertiary/aromatic N) is 2. The number of piperidine rings is 2. The van der Waals surface area contributed by atoms with Crippen LogP contribution in [-0.2, 0) is 0 Å². The highest BCUT2D eigenvalue weighted by molar-refractivity contribution is 4.75. The van der Waals surface area contributed by atoms with Crippen LogP contribution in [0.1, 0.15) is 32.1 Å². The molecule has 2 aliphatic rings. The third-order valence-corrected chi connectivity index (χ3v) is 4.67. The Hall–Kier alpha value is -0.160. The fourth-order valence-corrected chi connectivity index (χ4v) is 3.52. The lowest BCUT2D eigenvalue weighted by molar-refractivity contribution is 0.101. The van der Waals surface area contributed by atoms with Gasteiger partial charge < -0.3 is 20.0 Å². The monoisotopic (exact) mass is 270 g/mol. The lowest BCUT2D eigenvalue weighted by Crippen LogP contribution is -2.40. The third kappa shape index (κ3) is 5.03. The van der Waals surface area contributed by atoms with Gasteiger partial charge in [-0.25, -0.2) is 0 Å². The van der Waals surface area contributed by atoms with E-state index in [1.807, 2.05) is 0 Å². The molecule has 0 spiro atoms. The minimum atomic E-state index is 0.348. The molecule has 19 heavy (non-hydrogen) atoms. The first kappa shape index (κ1) is 15.2. The maximum Gasteiger partial charge on any atom is 0.0471 e. The first-order chi connectivity index (χ1) is 9.31. The molecule has 0 aromatic rings. The highest BCUT2D eigenvalue weighted by Gasteiger charge is 2.21. The standard InChI is InChI=1S/C15H30N2O2/c18-12-14-4-1-6-16(10-14)8-3-9-17-7-2-5-15(11-17)13-19/h14-15,18-19H,1-13H2/t14-,15-/m1/s1. The number of rotatable bonds is 6. The van der Waals surface area contributed by atoms with Gasteiger partial charge in [-0.3, -0.25) is 0 Å². The Morgan fingerprint density at radius 1 is 0.789 bits per heavy atom. The molecular formula is C15H30N2O2. The second-order valence-corrected chi connectivity index (χ2v) is 6.34. The van der Waals surface area contributed by atoms with Crippen molar-refractivity contribution in [2.45, 2.75) is 32.1 Å². The summed E-state index contributed by atoms with van der Waals surface area (Å²) in [4.78, 5) is 5.02. The van der Waals surface area contributed by atoms with Crippen LogP contribution in [0.25, 0.3) is 0 Å². The summed E-state index contributed by atoms with van der Waals surface area (Å²) in [6.45, 7) is 7.59. The van der Waals surface area contributed by atoms with Crippen molar-refractivity contribution in [1.29, 1.82) is 0 Å². The van der Waals surface area contributed by atoms with Crippen molar-refractivity contribution in [3.63, 3.8) is 0 Å². The Balaban J connectivity index is 1.60. The topological polar surface area (TPSA) is 46.9 Å². The van der Waals surface area contributed by atoms with Gasteiger partial charge in [-0.2, -0.15) is 0 Å². The van der Waals surface area contributed by atoms with Gasteiger partial charge in [0.2, 0.25) is 0 Å². The van der Waals surface area contributed by atoms with Crippen LogP contribution in [0.2, 0.25) is 0 Å². The SMILES string of the molecule is OC[C@@H]1CCCN(CCCN2CCC[C@@H](CO)C2)C1. The van der Waals surface area contributed by atoms with E-state index in [1.54, 1.807) is 0 Å². The molecule has 0 aromatic heterocycles. The highest BCUT2D eigenvalue weighted by Crippen LogP contribution is 2.18. The average Bonchev–Trinajstić information content (AvgIpc) is 2.48. The molecule has 0 radical (unpaired) electrons. The van der Waals surface area contributed by atoms with Gasteiger partial charge in [0.1, 0.15) is 0 Å². The van der Waals surface area contributed by atoms with Crippen LogP contribution in [0.15, 0.2) is 0 Å². The molecule has 0 aromatic carbocycles. The van der Waals surface area contributed by atoms with Crippen LogP contribution in [0.4, 0.5) is 0 Å².